The average Bonchev–Trinajstić information content (AvgIpc) is 2.72. The van der Waals surface area contributed by atoms with Crippen LogP contribution >= 0.6 is 15.9 Å². The molecule has 1 saturated heterocycles. The minimum atomic E-state index is 0.518. The van der Waals surface area contributed by atoms with E-state index in [0.717, 1.165) is 24.1 Å². The van der Waals surface area contributed by atoms with Crippen LogP contribution in [0.15, 0.2) is 10.7 Å². The van der Waals surface area contributed by atoms with E-state index in [-0.39, 0.29) is 0 Å². The molecule has 2 rings (SSSR count). The summed E-state index contributed by atoms with van der Waals surface area (Å²) in [6.07, 6.45) is 2.96. The van der Waals surface area contributed by atoms with Crippen LogP contribution < -0.4 is 4.74 Å². The highest BCUT2D eigenvalue weighted by molar-refractivity contribution is 9.10. The standard InChI is InChI=1S/C9H13BrN2O2/c1-12-4-8(10)9(11-12)14-6-7-2-3-13-5-7/h4,7H,2-3,5-6H2,1H3. The Morgan fingerprint density at radius 2 is 2.64 bits per heavy atom. The van der Waals surface area contributed by atoms with Crippen LogP contribution in [0.3, 0.4) is 0 Å². The summed E-state index contributed by atoms with van der Waals surface area (Å²) in [5.74, 6) is 1.18. The van der Waals surface area contributed by atoms with Gasteiger partial charge in [0.25, 0.3) is 0 Å². The number of hydrogen-bond acceptors (Lipinski definition) is 3. The van der Waals surface area contributed by atoms with Gasteiger partial charge in [-0.2, -0.15) is 0 Å². The normalized spacial score (nSPS) is 21.4. The molecule has 0 amide bonds. The SMILES string of the molecule is Cn1cc(Br)c(OCC2CCOC2)n1. The first-order valence-corrected chi connectivity index (χ1v) is 5.44. The molecule has 0 radical (unpaired) electrons. The zero-order chi connectivity index (χ0) is 9.97. The minimum absolute atomic E-state index is 0.518. The molecule has 1 aromatic rings. The molecule has 1 atom stereocenters. The van der Waals surface area contributed by atoms with E-state index in [4.69, 9.17) is 9.47 Å². The van der Waals surface area contributed by atoms with Crippen molar-refractivity contribution in [3.05, 3.63) is 10.7 Å². The Hall–Kier alpha value is -0.550. The fourth-order valence-electron chi connectivity index (χ4n) is 1.45. The topological polar surface area (TPSA) is 36.3 Å². The van der Waals surface area contributed by atoms with Crippen LogP contribution in [0.25, 0.3) is 0 Å². The molecule has 14 heavy (non-hydrogen) atoms. The van der Waals surface area contributed by atoms with E-state index in [0.29, 0.717) is 18.4 Å². The van der Waals surface area contributed by atoms with Crippen LogP contribution in [0.1, 0.15) is 6.42 Å². The molecule has 1 aromatic heterocycles. The Bertz CT molecular complexity index is 308. The van der Waals surface area contributed by atoms with E-state index in [1.165, 1.54) is 0 Å². The maximum absolute atomic E-state index is 5.58. The summed E-state index contributed by atoms with van der Waals surface area (Å²) in [6, 6.07) is 0. The minimum Gasteiger partial charge on any atom is -0.475 e. The predicted molar refractivity (Wildman–Crippen MR) is 55.3 cm³/mol. The number of aromatic nitrogens is 2. The van der Waals surface area contributed by atoms with Gasteiger partial charge in [0, 0.05) is 25.8 Å². The molecular formula is C9H13BrN2O2. The van der Waals surface area contributed by atoms with Crippen molar-refractivity contribution in [3.8, 4) is 5.88 Å². The third-order valence-corrected chi connectivity index (χ3v) is 2.78. The molecule has 0 saturated carbocycles. The van der Waals surface area contributed by atoms with Crippen molar-refractivity contribution in [2.24, 2.45) is 13.0 Å². The van der Waals surface area contributed by atoms with Crippen LogP contribution in [0.5, 0.6) is 5.88 Å². The van der Waals surface area contributed by atoms with Gasteiger partial charge in [-0.05, 0) is 22.4 Å². The van der Waals surface area contributed by atoms with Crippen molar-refractivity contribution in [1.82, 2.24) is 9.78 Å². The summed E-state index contributed by atoms with van der Waals surface area (Å²) in [4.78, 5) is 0. The maximum Gasteiger partial charge on any atom is 0.247 e. The van der Waals surface area contributed by atoms with Gasteiger partial charge in [-0.1, -0.05) is 0 Å². The van der Waals surface area contributed by atoms with Gasteiger partial charge in [0.15, 0.2) is 0 Å². The van der Waals surface area contributed by atoms with Crippen molar-refractivity contribution in [2.75, 3.05) is 19.8 Å². The van der Waals surface area contributed by atoms with Gasteiger partial charge in [-0.25, -0.2) is 0 Å². The van der Waals surface area contributed by atoms with Gasteiger partial charge < -0.3 is 9.47 Å². The lowest BCUT2D eigenvalue weighted by molar-refractivity contribution is 0.165. The number of aryl methyl sites for hydroxylation is 1. The molecule has 0 aliphatic carbocycles. The van der Waals surface area contributed by atoms with Gasteiger partial charge in [0.1, 0.15) is 0 Å². The van der Waals surface area contributed by atoms with E-state index in [1.807, 2.05) is 13.2 Å². The molecule has 78 valence electrons. The Kier molecular flexibility index (Phi) is 3.08. The molecule has 0 bridgehead atoms. The molecule has 4 nitrogen and oxygen atoms in total. The van der Waals surface area contributed by atoms with Crippen molar-refractivity contribution in [2.45, 2.75) is 6.42 Å². The molecule has 1 fully saturated rings. The zero-order valence-corrected chi connectivity index (χ0v) is 9.66. The fraction of sp³-hybridized carbons (Fsp3) is 0.667. The summed E-state index contributed by atoms with van der Waals surface area (Å²) in [5.41, 5.74) is 0. The largest absolute Gasteiger partial charge is 0.475 e. The Labute approximate surface area is 91.3 Å². The number of hydrogen-bond donors (Lipinski definition) is 0. The van der Waals surface area contributed by atoms with Crippen LogP contribution in [0.2, 0.25) is 0 Å². The van der Waals surface area contributed by atoms with Crippen LogP contribution in [0.4, 0.5) is 0 Å². The zero-order valence-electron chi connectivity index (χ0n) is 8.07. The van der Waals surface area contributed by atoms with Crippen LogP contribution in [-0.4, -0.2) is 29.6 Å². The molecule has 2 heterocycles. The molecule has 1 aliphatic heterocycles. The Balaban J connectivity index is 1.87. The van der Waals surface area contributed by atoms with Crippen molar-refractivity contribution in [1.29, 1.82) is 0 Å². The Morgan fingerprint density at radius 3 is 3.21 bits per heavy atom. The van der Waals surface area contributed by atoms with Gasteiger partial charge >= 0.3 is 0 Å². The second-order valence-electron chi connectivity index (χ2n) is 3.50. The summed E-state index contributed by atoms with van der Waals surface area (Å²) < 4.78 is 13.5. The predicted octanol–water partition coefficient (Wildman–Crippen LogP) is 1.60. The third kappa shape index (κ3) is 2.27. The lowest BCUT2D eigenvalue weighted by Crippen LogP contribution is -2.12. The number of halogens is 1. The van der Waals surface area contributed by atoms with Crippen molar-refractivity contribution >= 4 is 15.9 Å². The number of ether oxygens (including phenoxy) is 2. The number of nitrogens with zero attached hydrogens (tertiary/aromatic N) is 2. The molecule has 0 N–H and O–H groups in total. The summed E-state index contributed by atoms with van der Waals surface area (Å²) >= 11 is 3.39. The van der Waals surface area contributed by atoms with Gasteiger partial charge in [0.05, 0.1) is 17.7 Å². The number of rotatable bonds is 3. The summed E-state index contributed by atoms with van der Waals surface area (Å²) in [5, 5.41) is 4.18. The van der Waals surface area contributed by atoms with E-state index in [1.54, 1.807) is 4.68 Å². The first-order valence-electron chi connectivity index (χ1n) is 4.65. The Morgan fingerprint density at radius 1 is 1.79 bits per heavy atom. The van der Waals surface area contributed by atoms with E-state index in [9.17, 15) is 0 Å². The highest BCUT2D eigenvalue weighted by Crippen LogP contribution is 2.23. The molecule has 1 unspecified atom stereocenters. The highest BCUT2D eigenvalue weighted by Gasteiger charge is 2.17. The quantitative estimate of drug-likeness (QED) is 0.829. The van der Waals surface area contributed by atoms with Gasteiger partial charge in [0.2, 0.25) is 5.88 Å². The molecule has 0 aromatic carbocycles. The lowest BCUT2D eigenvalue weighted by Gasteiger charge is -2.07. The van der Waals surface area contributed by atoms with Crippen molar-refractivity contribution < 1.29 is 9.47 Å². The molecule has 1 aliphatic rings. The summed E-state index contributed by atoms with van der Waals surface area (Å²) in [6.45, 7) is 2.36. The first kappa shape index (κ1) is 9.98. The van der Waals surface area contributed by atoms with E-state index in [2.05, 4.69) is 21.0 Å². The highest BCUT2D eigenvalue weighted by atomic mass is 79.9. The van der Waals surface area contributed by atoms with Crippen molar-refractivity contribution in [3.63, 3.8) is 0 Å². The average molecular weight is 261 g/mol. The van der Waals surface area contributed by atoms with E-state index >= 15 is 0 Å². The van der Waals surface area contributed by atoms with Crippen LogP contribution in [-0.2, 0) is 11.8 Å². The second-order valence-corrected chi connectivity index (χ2v) is 4.35. The monoisotopic (exact) mass is 260 g/mol. The van der Waals surface area contributed by atoms with Crippen LogP contribution in [0, 0.1) is 5.92 Å². The van der Waals surface area contributed by atoms with E-state index < -0.39 is 0 Å². The lowest BCUT2D eigenvalue weighted by atomic mass is 10.1. The smallest absolute Gasteiger partial charge is 0.247 e. The molecule has 0 spiro atoms. The first-order chi connectivity index (χ1) is 6.75. The molecular weight excluding hydrogens is 248 g/mol. The second kappa shape index (κ2) is 4.31. The van der Waals surface area contributed by atoms with Gasteiger partial charge in [-0.15, -0.1) is 5.10 Å². The fourth-order valence-corrected chi connectivity index (χ4v) is 1.94. The third-order valence-electron chi connectivity index (χ3n) is 2.23. The maximum atomic E-state index is 5.58. The molecule has 5 heteroatoms. The summed E-state index contributed by atoms with van der Waals surface area (Å²) in [7, 11) is 1.87. The van der Waals surface area contributed by atoms with Gasteiger partial charge in [-0.3, -0.25) is 4.68 Å².